The molecule has 0 amide bonds. The lowest BCUT2D eigenvalue weighted by atomic mass is 9.99. The van der Waals surface area contributed by atoms with E-state index < -0.39 is 24.4 Å². The topological polar surface area (TPSA) is 59.4 Å². The van der Waals surface area contributed by atoms with Crippen LogP contribution in [0.5, 0.6) is 0 Å². The van der Waals surface area contributed by atoms with Gasteiger partial charge in [-0.05, 0) is 19.1 Å². The SMILES string of the molecule is CC(Cc1ccccn1)(OC(=O)O)C(F)(F)F. The number of carboxylic acid groups (broad SMARTS) is 1. The molecule has 1 rings (SSSR count). The Labute approximate surface area is 95.0 Å². The highest BCUT2D eigenvalue weighted by Crippen LogP contribution is 2.35. The van der Waals surface area contributed by atoms with Crippen LogP contribution in [0, 0.1) is 0 Å². The molecule has 0 bridgehead atoms. The third-order valence-corrected chi connectivity index (χ3v) is 2.16. The van der Waals surface area contributed by atoms with E-state index in [-0.39, 0.29) is 5.69 Å². The fraction of sp³-hybridized carbons (Fsp3) is 0.400. The van der Waals surface area contributed by atoms with Crippen LogP contribution in [-0.4, -0.2) is 28.0 Å². The van der Waals surface area contributed by atoms with Crippen LogP contribution < -0.4 is 0 Å². The first-order valence-electron chi connectivity index (χ1n) is 4.63. The van der Waals surface area contributed by atoms with E-state index in [9.17, 15) is 18.0 Å². The zero-order valence-corrected chi connectivity index (χ0v) is 8.86. The van der Waals surface area contributed by atoms with E-state index in [1.54, 1.807) is 6.07 Å². The summed E-state index contributed by atoms with van der Waals surface area (Å²) in [5, 5.41) is 8.35. The van der Waals surface area contributed by atoms with Crippen LogP contribution in [0.2, 0.25) is 0 Å². The van der Waals surface area contributed by atoms with E-state index in [1.807, 2.05) is 0 Å². The standard InChI is InChI=1S/C10H10F3NO3/c1-9(10(11,12)13,17-8(15)16)6-7-4-2-3-5-14-7/h2-5H,6H2,1H3,(H,15,16). The van der Waals surface area contributed by atoms with Gasteiger partial charge in [-0.25, -0.2) is 4.79 Å². The van der Waals surface area contributed by atoms with Gasteiger partial charge in [-0.15, -0.1) is 0 Å². The van der Waals surface area contributed by atoms with Gasteiger partial charge in [0, 0.05) is 18.3 Å². The molecule has 0 aliphatic heterocycles. The van der Waals surface area contributed by atoms with E-state index in [0.717, 1.165) is 0 Å². The molecule has 7 heteroatoms. The van der Waals surface area contributed by atoms with Crippen molar-refractivity contribution in [1.82, 2.24) is 4.98 Å². The molecule has 0 saturated carbocycles. The van der Waals surface area contributed by atoms with Gasteiger partial charge in [0.2, 0.25) is 5.60 Å². The monoisotopic (exact) mass is 249 g/mol. The van der Waals surface area contributed by atoms with E-state index in [4.69, 9.17) is 5.11 Å². The van der Waals surface area contributed by atoms with Crippen molar-refractivity contribution in [2.75, 3.05) is 0 Å². The van der Waals surface area contributed by atoms with Crippen molar-refractivity contribution < 1.29 is 27.8 Å². The molecular formula is C10H10F3NO3. The predicted octanol–water partition coefficient (Wildman–Crippen LogP) is 2.64. The number of alkyl halides is 3. The lowest BCUT2D eigenvalue weighted by molar-refractivity contribution is -0.255. The van der Waals surface area contributed by atoms with Crippen molar-refractivity contribution in [3.63, 3.8) is 0 Å². The van der Waals surface area contributed by atoms with Gasteiger partial charge in [-0.2, -0.15) is 13.2 Å². The molecule has 1 aromatic heterocycles. The zero-order valence-electron chi connectivity index (χ0n) is 8.86. The quantitative estimate of drug-likeness (QED) is 0.836. The Morgan fingerprint density at radius 2 is 2.12 bits per heavy atom. The summed E-state index contributed by atoms with van der Waals surface area (Å²) in [6.45, 7) is 0.676. The number of hydrogen-bond donors (Lipinski definition) is 1. The van der Waals surface area contributed by atoms with Gasteiger partial charge in [-0.3, -0.25) is 4.98 Å². The minimum atomic E-state index is -4.80. The van der Waals surface area contributed by atoms with Gasteiger partial charge < -0.3 is 9.84 Å². The Bertz CT molecular complexity index is 394. The Morgan fingerprint density at radius 3 is 2.53 bits per heavy atom. The molecule has 1 heterocycles. The van der Waals surface area contributed by atoms with Crippen LogP contribution >= 0.6 is 0 Å². The normalized spacial score (nSPS) is 15.1. The van der Waals surface area contributed by atoms with E-state index >= 15 is 0 Å². The molecule has 0 aromatic carbocycles. The summed E-state index contributed by atoms with van der Waals surface area (Å²) in [4.78, 5) is 14.0. The molecule has 1 unspecified atom stereocenters. The highest BCUT2D eigenvalue weighted by molar-refractivity contribution is 5.57. The van der Waals surface area contributed by atoms with E-state index in [2.05, 4.69) is 9.72 Å². The van der Waals surface area contributed by atoms with Crippen LogP contribution in [-0.2, 0) is 11.2 Å². The van der Waals surface area contributed by atoms with E-state index in [0.29, 0.717) is 6.92 Å². The molecule has 17 heavy (non-hydrogen) atoms. The lowest BCUT2D eigenvalue weighted by Gasteiger charge is -2.29. The summed E-state index contributed by atoms with van der Waals surface area (Å²) in [6, 6.07) is 4.43. The molecule has 0 radical (unpaired) electrons. The molecule has 0 saturated heterocycles. The Kier molecular flexibility index (Phi) is 3.59. The maximum absolute atomic E-state index is 12.7. The van der Waals surface area contributed by atoms with Crippen molar-refractivity contribution in [1.29, 1.82) is 0 Å². The van der Waals surface area contributed by atoms with Gasteiger partial charge in [-0.1, -0.05) is 6.07 Å². The molecule has 0 aliphatic carbocycles. The number of nitrogens with zero attached hydrogens (tertiary/aromatic N) is 1. The molecule has 1 aromatic rings. The second kappa shape index (κ2) is 4.60. The lowest BCUT2D eigenvalue weighted by Crippen LogP contribution is -2.48. The Morgan fingerprint density at radius 1 is 1.47 bits per heavy atom. The number of rotatable bonds is 3. The minimum absolute atomic E-state index is 0.105. The third kappa shape index (κ3) is 3.33. The first kappa shape index (κ1) is 13.3. The van der Waals surface area contributed by atoms with Crippen LogP contribution in [0.1, 0.15) is 12.6 Å². The van der Waals surface area contributed by atoms with Gasteiger partial charge in [0.25, 0.3) is 0 Å². The van der Waals surface area contributed by atoms with Crippen molar-refractivity contribution >= 4 is 6.16 Å². The minimum Gasteiger partial charge on any atom is -0.450 e. The Hall–Kier alpha value is -1.79. The number of carbonyl (C=O) groups is 1. The number of aromatic nitrogens is 1. The van der Waals surface area contributed by atoms with Crippen molar-refractivity contribution in [3.05, 3.63) is 30.1 Å². The van der Waals surface area contributed by atoms with Gasteiger partial charge in [0.05, 0.1) is 0 Å². The fourth-order valence-electron chi connectivity index (χ4n) is 1.24. The number of hydrogen-bond acceptors (Lipinski definition) is 3. The van der Waals surface area contributed by atoms with Crippen LogP contribution in [0.4, 0.5) is 18.0 Å². The summed E-state index contributed by atoms with van der Waals surface area (Å²) in [7, 11) is 0. The van der Waals surface area contributed by atoms with Crippen molar-refractivity contribution in [2.24, 2.45) is 0 Å². The number of pyridine rings is 1. The fourth-order valence-corrected chi connectivity index (χ4v) is 1.24. The highest BCUT2D eigenvalue weighted by Gasteiger charge is 2.55. The second-order valence-corrected chi connectivity index (χ2v) is 3.59. The zero-order chi connectivity index (χ0) is 13.1. The maximum atomic E-state index is 12.7. The van der Waals surface area contributed by atoms with Crippen molar-refractivity contribution in [3.8, 4) is 0 Å². The number of halogens is 3. The molecule has 0 fully saturated rings. The smallest absolute Gasteiger partial charge is 0.450 e. The molecule has 4 nitrogen and oxygen atoms in total. The predicted molar refractivity (Wildman–Crippen MR) is 51.5 cm³/mol. The first-order chi connectivity index (χ1) is 7.74. The van der Waals surface area contributed by atoms with Crippen LogP contribution in [0.25, 0.3) is 0 Å². The molecular weight excluding hydrogens is 239 g/mol. The molecule has 0 spiro atoms. The summed E-state index contributed by atoms with van der Waals surface area (Å²) >= 11 is 0. The van der Waals surface area contributed by atoms with Gasteiger partial charge in [0.15, 0.2) is 0 Å². The molecule has 1 atom stereocenters. The largest absolute Gasteiger partial charge is 0.506 e. The summed E-state index contributed by atoms with van der Waals surface area (Å²) in [5.41, 5.74) is -2.69. The first-order valence-corrected chi connectivity index (χ1v) is 4.63. The summed E-state index contributed by atoms with van der Waals surface area (Å²) < 4.78 is 42.2. The number of ether oxygens (including phenoxy) is 1. The van der Waals surface area contributed by atoms with Gasteiger partial charge in [0.1, 0.15) is 0 Å². The Balaban J connectivity index is 2.96. The van der Waals surface area contributed by atoms with Gasteiger partial charge >= 0.3 is 12.3 Å². The average molecular weight is 249 g/mol. The van der Waals surface area contributed by atoms with E-state index in [1.165, 1.54) is 18.3 Å². The second-order valence-electron chi connectivity index (χ2n) is 3.59. The molecule has 1 N–H and O–H groups in total. The third-order valence-electron chi connectivity index (χ3n) is 2.16. The van der Waals surface area contributed by atoms with Crippen LogP contribution in [0.15, 0.2) is 24.4 Å². The summed E-state index contributed by atoms with van der Waals surface area (Å²) in [5.74, 6) is 0. The highest BCUT2D eigenvalue weighted by atomic mass is 19.4. The maximum Gasteiger partial charge on any atom is 0.506 e. The molecule has 0 aliphatic rings. The van der Waals surface area contributed by atoms with Crippen molar-refractivity contribution in [2.45, 2.75) is 25.1 Å². The average Bonchev–Trinajstić information content (AvgIpc) is 2.15. The van der Waals surface area contributed by atoms with Crippen LogP contribution in [0.3, 0.4) is 0 Å². The molecule has 94 valence electrons. The summed E-state index contributed by atoms with van der Waals surface area (Å²) in [6.07, 6.45) is -6.11.